The third kappa shape index (κ3) is 3.97. The van der Waals surface area contributed by atoms with Crippen molar-refractivity contribution in [2.24, 2.45) is 0 Å². The minimum Gasteiger partial charge on any atom is -0.339 e. The molecule has 0 N–H and O–H groups in total. The molecule has 26 heavy (non-hydrogen) atoms. The summed E-state index contributed by atoms with van der Waals surface area (Å²) in [7, 11) is -0.362. The van der Waals surface area contributed by atoms with E-state index in [1.54, 1.807) is 18.2 Å². The standard InChI is InChI=1S/C20H24N2O3S/c1-21(2)26(24,25)19-9-4-7-17(15-19)11-10-16-6-3-8-18(14-16)20(23)22-12-5-13-22/h3-4,6-9,14-15H,5,10-13H2,1-2H3. The van der Waals surface area contributed by atoms with Crippen LogP contribution in [0, 0.1) is 0 Å². The van der Waals surface area contributed by atoms with Gasteiger partial charge in [0.1, 0.15) is 0 Å². The number of sulfonamides is 1. The van der Waals surface area contributed by atoms with Gasteiger partial charge in [-0.3, -0.25) is 4.79 Å². The van der Waals surface area contributed by atoms with Crippen LogP contribution < -0.4 is 0 Å². The topological polar surface area (TPSA) is 57.7 Å². The van der Waals surface area contributed by atoms with Crippen LogP contribution in [0.4, 0.5) is 0 Å². The van der Waals surface area contributed by atoms with Crippen molar-refractivity contribution in [3.8, 4) is 0 Å². The Balaban J connectivity index is 1.71. The second-order valence-corrected chi connectivity index (χ2v) is 8.93. The molecule has 1 aliphatic rings. The SMILES string of the molecule is CN(C)S(=O)(=O)c1cccc(CCc2cccc(C(=O)N3CCC3)c2)c1. The van der Waals surface area contributed by atoms with Gasteiger partial charge in [0.05, 0.1) is 4.90 Å². The molecule has 1 heterocycles. The van der Waals surface area contributed by atoms with Crippen LogP contribution in [0.5, 0.6) is 0 Å². The van der Waals surface area contributed by atoms with Crippen LogP contribution in [0.1, 0.15) is 27.9 Å². The van der Waals surface area contributed by atoms with Crippen molar-refractivity contribution in [3.05, 3.63) is 65.2 Å². The van der Waals surface area contributed by atoms with Crippen molar-refractivity contribution >= 4 is 15.9 Å². The first-order valence-corrected chi connectivity index (χ1v) is 10.2. The summed E-state index contributed by atoms with van der Waals surface area (Å²) in [5.41, 5.74) is 2.77. The van der Waals surface area contributed by atoms with Gasteiger partial charge >= 0.3 is 0 Å². The van der Waals surface area contributed by atoms with E-state index in [0.29, 0.717) is 4.90 Å². The van der Waals surface area contributed by atoms with Gasteiger partial charge in [-0.2, -0.15) is 0 Å². The van der Waals surface area contributed by atoms with Crippen LogP contribution in [0.15, 0.2) is 53.4 Å². The van der Waals surface area contributed by atoms with E-state index < -0.39 is 10.0 Å². The Morgan fingerprint density at radius 3 is 2.19 bits per heavy atom. The molecule has 1 aliphatic heterocycles. The highest BCUT2D eigenvalue weighted by molar-refractivity contribution is 7.89. The predicted octanol–water partition coefficient (Wildman–Crippen LogP) is 2.57. The smallest absolute Gasteiger partial charge is 0.253 e. The maximum atomic E-state index is 12.3. The molecule has 0 bridgehead atoms. The minimum absolute atomic E-state index is 0.0946. The van der Waals surface area contributed by atoms with Crippen molar-refractivity contribution in [2.75, 3.05) is 27.2 Å². The van der Waals surface area contributed by atoms with Crippen LogP contribution in [-0.4, -0.2) is 50.7 Å². The lowest BCUT2D eigenvalue weighted by molar-refractivity contribution is 0.0651. The molecule has 0 unspecified atom stereocenters. The van der Waals surface area contributed by atoms with E-state index >= 15 is 0 Å². The van der Waals surface area contributed by atoms with Gasteiger partial charge in [0.15, 0.2) is 0 Å². The number of carbonyl (C=O) groups is 1. The number of likely N-dealkylation sites (tertiary alicyclic amines) is 1. The highest BCUT2D eigenvalue weighted by Gasteiger charge is 2.21. The first-order valence-electron chi connectivity index (χ1n) is 8.77. The molecule has 138 valence electrons. The summed E-state index contributed by atoms with van der Waals surface area (Å²) in [5, 5.41) is 0. The molecule has 0 aromatic heterocycles. The van der Waals surface area contributed by atoms with Crippen molar-refractivity contribution < 1.29 is 13.2 Å². The zero-order valence-corrected chi connectivity index (χ0v) is 16.0. The maximum Gasteiger partial charge on any atom is 0.253 e. The third-order valence-corrected chi connectivity index (χ3v) is 6.51. The number of hydrogen-bond acceptors (Lipinski definition) is 3. The monoisotopic (exact) mass is 372 g/mol. The van der Waals surface area contributed by atoms with Gasteiger partial charge in [-0.1, -0.05) is 24.3 Å². The normalized spacial score (nSPS) is 14.3. The van der Waals surface area contributed by atoms with Crippen molar-refractivity contribution in [1.29, 1.82) is 0 Å². The van der Waals surface area contributed by atoms with E-state index in [2.05, 4.69) is 0 Å². The van der Waals surface area contributed by atoms with Gasteiger partial charge in [0.2, 0.25) is 10.0 Å². The molecule has 0 radical (unpaired) electrons. The number of amides is 1. The molecule has 0 saturated carbocycles. The Hall–Kier alpha value is -2.18. The van der Waals surface area contributed by atoms with Crippen LogP contribution in [0.25, 0.3) is 0 Å². The third-order valence-electron chi connectivity index (χ3n) is 4.70. The number of rotatable bonds is 6. The number of benzene rings is 2. The van der Waals surface area contributed by atoms with Gasteiger partial charge in [-0.25, -0.2) is 12.7 Å². The first-order chi connectivity index (χ1) is 12.4. The van der Waals surface area contributed by atoms with Crippen LogP contribution >= 0.6 is 0 Å². The predicted molar refractivity (Wildman–Crippen MR) is 102 cm³/mol. The average Bonchev–Trinajstić information content (AvgIpc) is 2.59. The molecule has 0 spiro atoms. The van der Waals surface area contributed by atoms with E-state index in [1.807, 2.05) is 35.2 Å². The Kier molecular flexibility index (Phi) is 5.44. The summed E-state index contributed by atoms with van der Waals surface area (Å²) in [6.07, 6.45) is 2.56. The van der Waals surface area contributed by atoms with Gasteiger partial charge < -0.3 is 4.90 Å². The Morgan fingerprint density at radius 2 is 1.62 bits per heavy atom. The highest BCUT2D eigenvalue weighted by atomic mass is 32.2. The van der Waals surface area contributed by atoms with E-state index in [4.69, 9.17) is 0 Å². The molecule has 1 saturated heterocycles. The summed E-state index contributed by atoms with van der Waals surface area (Å²) in [6.45, 7) is 1.69. The molecule has 5 nitrogen and oxygen atoms in total. The Labute approximate surface area is 155 Å². The molecule has 2 aromatic rings. The summed E-state index contributed by atoms with van der Waals surface area (Å²) in [4.78, 5) is 14.5. The van der Waals surface area contributed by atoms with Gasteiger partial charge in [-0.05, 0) is 54.7 Å². The first kappa shape index (κ1) is 18.6. The van der Waals surface area contributed by atoms with E-state index in [-0.39, 0.29) is 5.91 Å². The molecule has 1 fully saturated rings. The molecular weight excluding hydrogens is 348 g/mol. The molecule has 2 aromatic carbocycles. The summed E-state index contributed by atoms with van der Waals surface area (Å²) in [6, 6.07) is 14.8. The quantitative estimate of drug-likeness (QED) is 0.783. The maximum absolute atomic E-state index is 12.3. The van der Waals surface area contributed by atoms with Crippen molar-refractivity contribution in [1.82, 2.24) is 9.21 Å². The Morgan fingerprint density at radius 1 is 1.00 bits per heavy atom. The lowest BCUT2D eigenvalue weighted by atomic mass is 10.0. The second kappa shape index (κ2) is 7.60. The second-order valence-electron chi connectivity index (χ2n) is 6.78. The fourth-order valence-corrected chi connectivity index (χ4v) is 3.90. The van der Waals surface area contributed by atoms with Crippen LogP contribution in [0.3, 0.4) is 0 Å². The van der Waals surface area contributed by atoms with Crippen molar-refractivity contribution in [2.45, 2.75) is 24.2 Å². The largest absolute Gasteiger partial charge is 0.339 e. The number of hydrogen-bond donors (Lipinski definition) is 0. The number of aryl methyl sites for hydroxylation is 2. The summed E-state index contributed by atoms with van der Waals surface area (Å²) < 4.78 is 25.7. The average molecular weight is 372 g/mol. The minimum atomic E-state index is -3.42. The highest BCUT2D eigenvalue weighted by Crippen LogP contribution is 2.18. The summed E-state index contributed by atoms with van der Waals surface area (Å²) >= 11 is 0. The lowest BCUT2D eigenvalue weighted by Gasteiger charge is -2.31. The zero-order chi connectivity index (χ0) is 18.7. The molecule has 1 amide bonds. The molecular formula is C20H24N2O3S. The van der Waals surface area contributed by atoms with Gasteiger partial charge in [0, 0.05) is 32.7 Å². The Bertz CT molecular complexity index is 903. The summed E-state index contributed by atoms with van der Waals surface area (Å²) in [5.74, 6) is 0.0946. The van der Waals surface area contributed by atoms with Crippen LogP contribution in [-0.2, 0) is 22.9 Å². The van der Waals surface area contributed by atoms with E-state index in [1.165, 1.54) is 18.4 Å². The number of nitrogens with zero attached hydrogens (tertiary/aromatic N) is 2. The van der Waals surface area contributed by atoms with Crippen molar-refractivity contribution in [3.63, 3.8) is 0 Å². The molecule has 3 rings (SSSR count). The molecule has 6 heteroatoms. The zero-order valence-electron chi connectivity index (χ0n) is 15.2. The van der Waals surface area contributed by atoms with E-state index in [9.17, 15) is 13.2 Å². The van der Waals surface area contributed by atoms with Gasteiger partial charge in [0.25, 0.3) is 5.91 Å². The lowest BCUT2D eigenvalue weighted by Crippen LogP contribution is -2.42. The fraction of sp³-hybridized carbons (Fsp3) is 0.350. The van der Waals surface area contributed by atoms with Crippen LogP contribution in [0.2, 0.25) is 0 Å². The number of carbonyl (C=O) groups excluding carboxylic acids is 1. The van der Waals surface area contributed by atoms with Gasteiger partial charge in [-0.15, -0.1) is 0 Å². The van der Waals surface area contributed by atoms with E-state index in [0.717, 1.165) is 49.0 Å². The molecule has 0 atom stereocenters. The molecule has 0 aliphatic carbocycles. The fourth-order valence-electron chi connectivity index (χ4n) is 2.92.